The van der Waals surface area contributed by atoms with Gasteiger partial charge in [-0.2, -0.15) is 0 Å². The van der Waals surface area contributed by atoms with Crippen molar-refractivity contribution in [3.05, 3.63) is 120 Å². The summed E-state index contributed by atoms with van der Waals surface area (Å²) >= 11 is 0. The van der Waals surface area contributed by atoms with Crippen molar-refractivity contribution < 1.29 is 14.6 Å². The van der Waals surface area contributed by atoms with Gasteiger partial charge in [0.25, 0.3) is 0 Å². The number of hydrogen-bond donors (Lipinski definition) is 1. The average Bonchev–Trinajstić information content (AvgIpc) is 2.87. The first-order valence-electron chi connectivity index (χ1n) is 10.8. The summed E-state index contributed by atoms with van der Waals surface area (Å²) < 4.78 is 12.3. The summed E-state index contributed by atoms with van der Waals surface area (Å²) in [6, 6.07) is 35.0. The minimum absolute atomic E-state index is 0.201. The molecule has 162 valence electrons. The van der Waals surface area contributed by atoms with Crippen molar-refractivity contribution in [1.82, 2.24) is 4.98 Å². The number of pyridine rings is 1. The van der Waals surface area contributed by atoms with Crippen LogP contribution in [0.2, 0.25) is 0 Å². The minimum Gasteiger partial charge on any atom is -0.507 e. The molecule has 5 aromatic rings. The van der Waals surface area contributed by atoms with Crippen molar-refractivity contribution in [3.63, 3.8) is 0 Å². The Bertz CT molecular complexity index is 1370. The lowest BCUT2D eigenvalue weighted by Crippen LogP contribution is -2.01. The Morgan fingerprint density at radius 1 is 0.606 bits per heavy atom. The summed E-state index contributed by atoms with van der Waals surface area (Å²) in [5, 5.41) is 11.2. The Balaban J connectivity index is 1.47. The van der Waals surface area contributed by atoms with Gasteiger partial charge in [0.15, 0.2) is 11.5 Å². The van der Waals surface area contributed by atoms with E-state index in [0.29, 0.717) is 30.4 Å². The van der Waals surface area contributed by atoms with Crippen LogP contribution in [-0.2, 0) is 13.2 Å². The van der Waals surface area contributed by atoms with Crippen molar-refractivity contribution >= 4 is 10.9 Å². The van der Waals surface area contributed by atoms with Crippen molar-refractivity contribution in [2.45, 2.75) is 13.2 Å². The van der Waals surface area contributed by atoms with E-state index in [9.17, 15) is 5.11 Å². The summed E-state index contributed by atoms with van der Waals surface area (Å²) in [5.74, 6) is 1.48. The second-order valence-corrected chi connectivity index (χ2v) is 7.75. The predicted molar refractivity (Wildman–Crippen MR) is 130 cm³/mol. The van der Waals surface area contributed by atoms with Gasteiger partial charge in [0.1, 0.15) is 19.0 Å². The first kappa shape index (κ1) is 20.6. The van der Waals surface area contributed by atoms with E-state index in [1.54, 1.807) is 6.07 Å². The molecule has 1 N–H and O–H groups in total. The fraction of sp³-hybridized carbons (Fsp3) is 0.0690. The third-order valence-corrected chi connectivity index (χ3v) is 5.41. The third kappa shape index (κ3) is 4.80. The lowest BCUT2D eigenvalue weighted by Gasteiger charge is -2.15. The van der Waals surface area contributed by atoms with Crippen LogP contribution in [0.5, 0.6) is 17.2 Å². The average molecular weight is 434 g/mol. The monoisotopic (exact) mass is 433 g/mol. The lowest BCUT2D eigenvalue weighted by atomic mass is 10.1. The van der Waals surface area contributed by atoms with Crippen LogP contribution in [0.4, 0.5) is 0 Å². The van der Waals surface area contributed by atoms with Gasteiger partial charge < -0.3 is 14.6 Å². The highest BCUT2D eigenvalue weighted by atomic mass is 16.5. The van der Waals surface area contributed by atoms with E-state index >= 15 is 0 Å². The molecule has 0 aliphatic heterocycles. The quantitative estimate of drug-likeness (QED) is 0.308. The zero-order valence-corrected chi connectivity index (χ0v) is 18.0. The standard InChI is InChI=1S/C29H23NO3/c31-27-18-26(30-25-14-8-7-13-24(25)27)23-15-16-28(32-19-21-9-3-1-4-10-21)29(17-23)33-20-22-11-5-2-6-12-22/h1-18H,19-20H2,(H,30,31). The molecular formula is C29H23NO3. The number of benzene rings is 4. The molecule has 0 aliphatic rings. The van der Waals surface area contributed by atoms with Crippen LogP contribution >= 0.6 is 0 Å². The molecule has 33 heavy (non-hydrogen) atoms. The van der Waals surface area contributed by atoms with E-state index in [4.69, 9.17) is 14.5 Å². The molecule has 0 atom stereocenters. The second kappa shape index (κ2) is 9.45. The molecule has 0 bridgehead atoms. The maximum absolute atomic E-state index is 10.5. The van der Waals surface area contributed by atoms with E-state index < -0.39 is 0 Å². The second-order valence-electron chi connectivity index (χ2n) is 7.75. The highest BCUT2D eigenvalue weighted by Crippen LogP contribution is 2.35. The summed E-state index contributed by atoms with van der Waals surface area (Å²) in [7, 11) is 0. The molecule has 0 aliphatic carbocycles. The van der Waals surface area contributed by atoms with E-state index in [-0.39, 0.29) is 5.75 Å². The van der Waals surface area contributed by atoms with Gasteiger partial charge in [-0.3, -0.25) is 0 Å². The van der Waals surface area contributed by atoms with Gasteiger partial charge >= 0.3 is 0 Å². The molecule has 1 aromatic heterocycles. The first-order valence-corrected chi connectivity index (χ1v) is 10.8. The van der Waals surface area contributed by atoms with E-state index in [1.807, 2.05) is 103 Å². The number of nitrogens with zero attached hydrogens (tertiary/aromatic N) is 1. The van der Waals surface area contributed by atoms with Gasteiger partial charge in [0, 0.05) is 17.0 Å². The number of para-hydroxylation sites is 1. The van der Waals surface area contributed by atoms with Crippen molar-refractivity contribution in [2.24, 2.45) is 0 Å². The van der Waals surface area contributed by atoms with Crippen LogP contribution in [0, 0.1) is 0 Å². The highest BCUT2D eigenvalue weighted by Gasteiger charge is 2.12. The van der Waals surface area contributed by atoms with Gasteiger partial charge in [-0.1, -0.05) is 72.8 Å². The lowest BCUT2D eigenvalue weighted by molar-refractivity contribution is 0.256. The molecule has 5 rings (SSSR count). The Labute approximate surface area is 192 Å². The normalized spacial score (nSPS) is 10.8. The van der Waals surface area contributed by atoms with Crippen molar-refractivity contribution in [2.75, 3.05) is 0 Å². The molecule has 4 heteroatoms. The molecule has 0 saturated carbocycles. The number of aromatic hydroxyl groups is 1. The van der Waals surface area contributed by atoms with E-state index in [1.165, 1.54) is 0 Å². The Kier molecular flexibility index (Phi) is 5.89. The molecular weight excluding hydrogens is 410 g/mol. The SMILES string of the molecule is Oc1cc(-c2ccc(OCc3ccccc3)c(OCc3ccccc3)c2)nc2ccccc12. The van der Waals surface area contributed by atoms with Crippen molar-refractivity contribution in [3.8, 4) is 28.5 Å². The molecule has 0 fully saturated rings. The van der Waals surface area contributed by atoms with Crippen LogP contribution < -0.4 is 9.47 Å². The van der Waals surface area contributed by atoms with Crippen LogP contribution in [0.15, 0.2) is 109 Å². The molecule has 4 nitrogen and oxygen atoms in total. The molecule has 4 aromatic carbocycles. The van der Waals surface area contributed by atoms with Gasteiger partial charge in [-0.05, 0) is 41.5 Å². The number of hydrogen-bond acceptors (Lipinski definition) is 4. The number of aromatic nitrogens is 1. The maximum Gasteiger partial charge on any atom is 0.162 e. The Morgan fingerprint density at radius 3 is 1.91 bits per heavy atom. The highest BCUT2D eigenvalue weighted by molar-refractivity contribution is 5.87. The molecule has 0 spiro atoms. The van der Waals surface area contributed by atoms with E-state index in [0.717, 1.165) is 27.6 Å². The molecule has 0 amide bonds. The smallest absolute Gasteiger partial charge is 0.162 e. The van der Waals surface area contributed by atoms with Gasteiger partial charge in [-0.25, -0.2) is 4.98 Å². The summed E-state index contributed by atoms with van der Waals surface area (Å²) in [4.78, 5) is 4.73. The largest absolute Gasteiger partial charge is 0.507 e. The Hall–Kier alpha value is -4.31. The van der Waals surface area contributed by atoms with Crippen LogP contribution in [0.1, 0.15) is 11.1 Å². The Morgan fingerprint density at radius 2 is 1.21 bits per heavy atom. The fourth-order valence-corrected chi connectivity index (χ4v) is 3.67. The van der Waals surface area contributed by atoms with Crippen molar-refractivity contribution in [1.29, 1.82) is 0 Å². The maximum atomic E-state index is 10.5. The predicted octanol–water partition coefficient (Wildman–Crippen LogP) is 6.77. The van der Waals surface area contributed by atoms with Crippen LogP contribution in [-0.4, -0.2) is 10.1 Å². The van der Waals surface area contributed by atoms with Crippen LogP contribution in [0.25, 0.3) is 22.2 Å². The number of fused-ring (bicyclic) bond motifs is 1. The number of rotatable bonds is 7. The van der Waals surface area contributed by atoms with Gasteiger partial charge in [0.05, 0.1) is 11.2 Å². The molecule has 0 unspecified atom stereocenters. The van der Waals surface area contributed by atoms with Gasteiger partial charge in [0.2, 0.25) is 0 Å². The number of ether oxygens (including phenoxy) is 2. The molecule has 1 heterocycles. The first-order chi connectivity index (χ1) is 16.3. The molecule has 0 radical (unpaired) electrons. The summed E-state index contributed by atoms with van der Waals surface area (Å²) in [6.07, 6.45) is 0. The third-order valence-electron chi connectivity index (χ3n) is 5.41. The van der Waals surface area contributed by atoms with Crippen LogP contribution in [0.3, 0.4) is 0 Å². The topological polar surface area (TPSA) is 51.6 Å². The van der Waals surface area contributed by atoms with E-state index in [2.05, 4.69) is 0 Å². The molecule has 0 saturated heterocycles. The zero-order valence-electron chi connectivity index (χ0n) is 18.0. The summed E-state index contributed by atoms with van der Waals surface area (Å²) in [6.45, 7) is 0.860. The van der Waals surface area contributed by atoms with Gasteiger partial charge in [-0.15, -0.1) is 0 Å². The minimum atomic E-state index is 0.201. The summed E-state index contributed by atoms with van der Waals surface area (Å²) in [5.41, 5.74) is 4.40. The zero-order chi connectivity index (χ0) is 22.5. The fourth-order valence-electron chi connectivity index (χ4n) is 3.67.